The highest BCUT2D eigenvalue weighted by atomic mass is 16.2. The summed E-state index contributed by atoms with van der Waals surface area (Å²) in [4.78, 5) is 16.5. The van der Waals surface area contributed by atoms with Crippen LogP contribution in [0.2, 0.25) is 0 Å². The van der Waals surface area contributed by atoms with Crippen LogP contribution in [0.25, 0.3) is 0 Å². The van der Waals surface area contributed by atoms with E-state index in [1.54, 1.807) is 6.20 Å². The summed E-state index contributed by atoms with van der Waals surface area (Å²) in [5.41, 5.74) is 2.05. The normalized spacial score (nSPS) is 19.8. The molecule has 2 N–H and O–H groups in total. The summed E-state index contributed by atoms with van der Waals surface area (Å²) in [6.45, 7) is 0.774. The third-order valence-electron chi connectivity index (χ3n) is 3.77. The molecule has 3 rings (SSSR count). The van der Waals surface area contributed by atoms with E-state index in [1.807, 2.05) is 36.4 Å². The van der Waals surface area contributed by atoms with Crippen molar-refractivity contribution in [1.29, 1.82) is 0 Å². The third-order valence-corrected chi connectivity index (χ3v) is 3.77. The largest absolute Gasteiger partial charge is 0.355 e. The van der Waals surface area contributed by atoms with Crippen LogP contribution in [-0.2, 0) is 4.79 Å². The molecule has 0 bridgehead atoms. The molecule has 1 aliphatic heterocycles. The molecule has 0 radical (unpaired) electrons. The number of nitrogens with zero attached hydrogens (tertiary/aromatic N) is 1. The van der Waals surface area contributed by atoms with Crippen molar-refractivity contribution in [3.63, 3.8) is 0 Å². The molecular formula is C17H19N3O. The fourth-order valence-corrected chi connectivity index (χ4v) is 2.68. The molecule has 2 aromatic rings. The van der Waals surface area contributed by atoms with E-state index >= 15 is 0 Å². The van der Waals surface area contributed by atoms with E-state index in [4.69, 9.17) is 0 Å². The highest BCUT2D eigenvalue weighted by Crippen LogP contribution is 2.22. The maximum Gasteiger partial charge on any atom is 0.237 e. The van der Waals surface area contributed by atoms with Crippen LogP contribution in [0.1, 0.15) is 30.1 Å². The molecule has 0 saturated carbocycles. The average Bonchev–Trinajstić information content (AvgIpc) is 2.56. The van der Waals surface area contributed by atoms with Crippen LogP contribution in [0.3, 0.4) is 0 Å². The summed E-state index contributed by atoms with van der Waals surface area (Å²) in [5, 5.41) is 6.38. The maximum atomic E-state index is 12.0. The van der Waals surface area contributed by atoms with Gasteiger partial charge in [-0.25, -0.2) is 0 Å². The van der Waals surface area contributed by atoms with Gasteiger partial charge in [-0.2, -0.15) is 0 Å². The fourth-order valence-electron chi connectivity index (χ4n) is 2.68. The molecule has 1 aromatic carbocycles. The SMILES string of the molecule is O=C1NCCCC1NC(c1ccccc1)c1ccccn1. The summed E-state index contributed by atoms with van der Waals surface area (Å²) in [5.74, 6) is 0.0816. The Morgan fingerprint density at radius 2 is 1.95 bits per heavy atom. The van der Waals surface area contributed by atoms with Crippen molar-refractivity contribution in [1.82, 2.24) is 15.6 Å². The second-order valence-corrected chi connectivity index (χ2v) is 5.25. The van der Waals surface area contributed by atoms with Crippen molar-refractivity contribution < 1.29 is 4.79 Å². The molecule has 2 atom stereocenters. The number of rotatable bonds is 4. The molecule has 1 fully saturated rings. The predicted molar refractivity (Wildman–Crippen MR) is 81.7 cm³/mol. The highest BCUT2D eigenvalue weighted by molar-refractivity contribution is 5.82. The van der Waals surface area contributed by atoms with Crippen molar-refractivity contribution in [3.05, 3.63) is 66.0 Å². The smallest absolute Gasteiger partial charge is 0.237 e. The number of amides is 1. The van der Waals surface area contributed by atoms with Gasteiger partial charge in [-0.05, 0) is 30.5 Å². The zero-order valence-electron chi connectivity index (χ0n) is 11.8. The molecule has 1 amide bonds. The summed E-state index contributed by atoms with van der Waals surface area (Å²) < 4.78 is 0. The molecule has 4 heteroatoms. The van der Waals surface area contributed by atoms with E-state index in [1.165, 1.54) is 0 Å². The van der Waals surface area contributed by atoms with Gasteiger partial charge in [0.25, 0.3) is 0 Å². The average molecular weight is 281 g/mol. The first-order valence-electron chi connectivity index (χ1n) is 7.34. The number of aromatic nitrogens is 1. The second kappa shape index (κ2) is 6.50. The Bertz CT molecular complexity index is 546. The third kappa shape index (κ3) is 3.28. The Balaban J connectivity index is 1.88. The molecule has 1 aliphatic rings. The van der Waals surface area contributed by atoms with Gasteiger partial charge in [0.2, 0.25) is 5.91 Å². The number of nitrogens with one attached hydrogen (secondary N) is 2. The zero-order valence-corrected chi connectivity index (χ0v) is 11.8. The van der Waals surface area contributed by atoms with Crippen LogP contribution in [0, 0.1) is 0 Å². The van der Waals surface area contributed by atoms with Gasteiger partial charge in [-0.15, -0.1) is 0 Å². The predicted octanol–water partition coefficient (Wildman–Crippen LogP) is 2.04. The van der Waals surface area contributed by atoms with Crippen LogP contribution < -0.4 is 10.6 Å². The van der Waals surface area contributed by atoms with E-state index in [9.17, 15) is 4.79 Å². The fraction of sp³-hybridized carbons (Fsp3) is 0.294. The Kier molecular flexibility index (Phi) is 4.26. The van der Waals surface area contributed by atoms with Crippen molar-refractivity contribution >= 4 is 5.91 Å². The van der Waals surface area contributed by atoms with Gasteiger partial charge in [0, 0.05) is 12.7 Å². The van der Waals surface area contributed by atoms with Gasteiger partial charge in [0.05, 0.1) is 17.8 Å². The quantitative estimate of drug-likeness (QED) is 0.901. The number of carbonyl (C=O) groups is 1. The maximum absolute atomic E-state index is 12.0. The van der Waals surface area contributed by atoms with Crippen molar-refractivity contribution in [2.24, 2.45) is 0 Å². The minimum absolute atomic E-state index is 0.0683. The molecule has 0 aliphatic carbocycles. The van der Waals surface area contributed by atoms with E-state index in [2.05, 4.69) is 27.8 Å². The molecule has 2 unspecified atom stereocenters. The van der Waals surface area contributed by atoms with Gasteiger partial charge in [-0.3, -0.25) is 15.1 Å². The monoisotopic (exact) mass is 281 g/mol. The standard InChI is InChI=1S/C17H19N3O/c21-17-15(10-6-12-19-17)20-16(13-7-2-1-3-8-13)14-9-4-5-11-18-14/h1-5,7-9,11,15-16,20H,6,10,12H2,(H,19,21). The molecule has 1 aromatic heterocycles. The lowest BCUT2D eigenvalue weighted by molar-refractivity contribution is -0.124. The van der Waals surface area contributed by atoms with Gasteiger partial charge in [0.15, 0.2) is 0 Å². The summed E-state index contributed by atoms with van der Waals surface area (Å²) in [7, 11) is 0. The first-order chi connectivity index (χ1) is 10.3. The molecule has 1 saturated heterocycles. The van der Waals surface area contributed by atoms with E-state index < -0.39 is 0 Å². The summed E-state index contributed by atoms with van der Waals surface area (Å²) in [6, 6.07) is 15.8. The van der Waals surface area contributed by atoms with Crippen molar-refractivity contribution in [2.75, 3.05) is 6.54 Å². The zero-order chi connectivity index (χ0) is 14.5. The van der Waals surface area contributed by atoms with Crippen molar-refractivity contribution in [3.8, 4) is 0 Å². The lowest BCUT2D eigenvalue weighted by Crippen LogP contribution is -2.49. The first kappa shape index (κ1) is 13.8. The Labute approximate surface area is 124 Å². The van der Waals surface area contributed by atoms with Gasteiger partial charge in [-0.1, -0.05) is 36.4 Å². The van der Waals surface area contributed by atoms with Crippen LogP contribution in [0.5, 0.6) is 0 Å². The second-order valence-electron chi connectivity index (χ2n) is 5.25. The van der Waals surface area contributed by atoms with E-state index in [-0.39, 0.29) is 18.0 Å². The van der Waals surface area contributed by atoms with Crippen LogP contribution in [0.4, 0.5) is 0 Å². The number of hydrogen-bond donors (Lipinski definition) is 2. The Morgan fingerprint density at radius 3 is 2.67 bits per heavy atom. The molecular weight excluding hydrogens is 262 g/mol. The Hall–Kier alpha value is -2.20. The minimum atomic E-state index is -0.161. The number of carbonyl (C=O) groups excluding carboxylic acids is 1. The molecule has 108 valence electrons. The molecule has 0 spiro atoms. The number of pyridine rings is 1. The summed E-state index contributed by atoms with van der Waals surface area (Å²) in [6.07, 6.45) is 3.66. The van der Waals surface area contributed by atoms with Gasteiger partial charge in [0.1, 0.15) is 0 Å². The Morgan fingerprint density at radius 1 is 1.14 bits per heavy atom. The van der Waals surface area contributed by atoms with E-state index in [0.717, 1.165) is 30.6 Å². The van der Waals surface area contributed by atoms with Crippen molar-refractivity contribution in [2.45, 2.75) is 24.9 Å². The lowest BCUT2D eigenvalue weighted by atomic mass is 9.99. The van der Waals surface area contributed by atoms with Crippen LogP contribution in [0.15, 0.2) is 54.7 Å². The first-order valence-corrected chi connectivity index (χ1v) is 7.34. The molecule has 4 nitrogen and oxygen atoms in total. The van der Waals surface area contributed by atoms with Crippen LogP contribution in [-0.4, -0.2) is 23.5 Å². The highest BCUT2D eigenvalue weighted by Gasteiger charge is 2.26. The minimum Gasteiger partial charge on any atom is -0.355 e. The molecule has 21 heavy (non-hydrogen) atoms. The number of hydrogen-bond acceptors (Lipinski definition) is 3. The van der Waals surface area contributed by atoms with Gasteiger partial charge >= 0.3 is 0 Å². The number of piperidine rings is 1. The van der Waals surface area contributed by atoms with E-state index in [0.29, 0.717) is 0 Å². The number of benzene rings is 1. The van der Waals surface area contributed by atoms with Crippen LogP contribution >= 0.6 is 0 Å². The summed E-state index contributed by atoms with van der Waals surface area (Å²) >= 11 is 0. The van der Waals surface area contributed by atoms with Gasteiger partial charge < -0.3 is 5.32 Å². The topological polar surface area (TPSA) is 54.0 Å². The molecule has 2 heterocycles. The lowest BCUT2D eigenvalue weighted by Gasteiger charge is -2.28.